The zero-order valence-corrected chi connectivity index (χ0v) is 12.5. The Bertz CT molecular complexity index is 430. The molecule has 0 aliphatic carbocycles. The van der Waals surface area contributed by atoms with Gasteiger partial charge in [0.1, 0.15) is 0 Å². The molecule has 2 aliphatic heterocycles. The molecule has 3 heterocycles. The van der Waals surface area contributed by atoms with Gasteiger partial charge < -0.3 is 9.84 Å². The molecule has 0 spiro atoms. The topological polar surface area (TPSA) is 54.2 Å². The molecule has 0 bridgehead atoms. The summed E-state index contributed by atoms with van der Waals surface area (Å²) in [7, 11) is 2.14. The lowest BCUT2D eigenvalue weighted by molar-refractivity contribution is 0.237. The summed E-state index contributed by atoms with van der Waals surface area (Å²) in [6.45, 7) is 5.34. The van der Waals surface area contributed by atoms with Crippen LogP contribution in [0, 0.1) is 0 Å². The lowest BCUT2D eigenvalue weighted by atomic mass is 9.83. The van der Waals surface area contributed by atoms with Crippen LogP contribution < -0.4 is 5.32 Å². The van der Waals surface area contributed by atoms with E-state index >= 15 is 0 Å². The molecule has 2 unspecified atom stereocenters. The molecule has 1 aromatic rings. The summed E-state index contributed by atoms with van der Waals surface area (Å²) in [5.74, 6) is 3.92. The fourth-order valence-corrected chi connectivity index (χ4v) is 4.02. The number of aromatic nitrogens is 2. The molecule has 3 rings (SSSR count). The number of nitrogens with zero attached hydrogens (tertiary/aromatic N) is 3. The summed E-state index contributed by atoms with van der Waals surface area (Å²) in [4.78, 5) is 7.03. The van der Waals surface area contributed by atoms with Crippen LogP contribution in [0.5, 0.6) is 0 Å². The standard InChI is InChI=1S/C13H22N4OS/c1-13(4-3-5-14-9-13)12-15-11(16-18-12)10-8-19-7-6-17(10)2/h10,14H,3-9H2,1-2H3. The Hall–Kier alpha value is -0.590. The van der Waals surface area contributed by atoms with E-state index in [4.69, 9.17) is 9.51 Å². The van der Waals surface area contributed by atoms with E-state index in [0.717, 1.165) is 43.5 Å². The first-order valence-electron chi connectivity index (χ1n) is 7.02. The molecule has 2 atom stereocenters. The highest BCUT2D eigenvalue weighted by Gasteiger charge is 2.36. The molecule has 2 aliphatic rings. The average Bonchev–Trinajstić information content (AvgIpc) is 2.90. The lowest BCUT2D eigenvalue weighted by Gasteiger charge is -2.31. The van der Waals surface area contributed by atoms with Gasteiger partial charge >= 0.3 is 0 Å². The third-order valence-electron chi connectivity index (χ3n) is 4.25. The molecule has 106 valence electrons. The monoisotopic (exact) mass is 282 g/mol. The predicted molar refractivity (Wildman–Crippen MR) is 76.4 cm³/mol. The maximum absolute atomic E-state index is 5.57. The average molecular weight is 282 g/mol. The van der Waals surface area contributed by atoms with Gasteiger partial charge in [0.15, 0.2) is 5.82 Å². The molecule has 2 saturated heterocycles. The van der Waals surface area contributed by atoms with Gasteiger partial charge in [-0.25, -0.2) is 0 Å². The number of piperidine rings is 1. The highest BCUT2D eigenvalue weighted by Crippen LogP contribution is 2.32. The highest BCUT2D eigenvalue weighted by atomic mass is 32.2. The third kappa shape index (κ3) is 2.66. The largest absolute Gasteiger partial charge is 0.339 e. The van der Waals surface area contributed by atoms with Gasteiger partial charge in [0.2, 0.25) is 5.89 Å². The van der Waals surface area contributed by atoms with Crippen LogP contribution in [0.15, 0.2) is 4.52 Å². The smallest absolute Gasteiger partial charge is 0.233 e. The molecule has 0 aromatic carbocycles. The molecule has 2 fully saturated rings. The SMILES string of the molecule is CN1CCSCC1c1noc(C2(C)CCCNC2)n1. The van der Waals surface area contributed by atoms with Gasteiger partial charge in [-0.05, 0) is 33.4 Å². The Morgan fingerprint density at radius 3 is 3.16 bits per heavy atom. The van der Waals surface area contributed by atoms with E-state index < -0.39 is 0 Å². The first-order valence-corrected chi connectivity index (χ1v) is 8.17. The zero-order chi connectivity index (χ0) is 13.3. The Balaban J connectivity index is 1.78. The first kappa shape index (κ1) is 13.4. The molecule has 19 heavy (non-hydrogen) atoms. The Kier molecular flexibility index (Phi) is 3.82. The van der Waals surface area contributed by atoms with Crippen LogP contribution in [0.4, 0.5) is 0 Å². The number of nitrogens with one attached hydrogen (secondary N) is 1. The number of thioether (sulfide) groups is 1. The van der Waals surface area contributed by atoms with Gasteiger partial charge in [-0.2, -0.15) is 16.7 Å². The number of hydrogen-bond acceptors (Lipinski definition) is 6. The molecule has 0 amide bonds. The summed E-state index contributed by atoms with van der Waals surface area (Å²) in [6, 6.07) is 0.302. The van der Waals surface area contributed by atoms with Crippen molar-refractivity contribution in [3.63, 3.8) is 0 Å². The fourth-order valence-electron chi connectivity index (χ4n) is 2.81. The van der Waals surface area contributed by atoms with E-state index in [1.54, 1.807) is 0 Å². The normalized spacial score (nSPS) is 33.5. The second kappa shape index (κ2) is 5.42. The van der Waals surface area contributed by atoms with E-state index in [0.29, 0.717) is 6.04 Å². The van der Waals surface area contributed by atoms with Gasteiger partial charge in [-0.15, -0.1) is 0 Å². The van der Waals surface area contributed by atoms with Gasteiger partial charge in [0.25, 0.3) is 0 Å². The van der Waals surface area contributed by atoms with Crippen molar-refractivity contribution in [2.45, 2.75) is 31.2 Å². The van der Waals surface area contributed by atoms with Crippen molar-refractivity contribution >= 4 is 11.8 Å². The van der Waals surface area contributed by atoms with Crippen molar-refractivity contribution < 1.29 is 4.52 Å². The van der Waals surface area contributed by atoms with Crippen molar-refractivity contribution in [2.75, 3.05) is 38.2 Å². The van der Waals surface area contributed by atoms with E-state index in [2.05, 4.69) is 29.3 Å². The van der Waals surface area contributed by atoms with Gasteiger partial charge in [0.05, 0.1) is 11.5 Å². The van der Waals surface area contributed by atoms with E-state index in [1.165, 1.54) is 12.2 Å². The van der Waals surface area contributed by atoms with Crippen LogP contribution in [-0.2, 0) is 5.41 Å². The van der Waals surface area contributed by atoms with Crippen LogP contribution in [0.3, 0.4) is 0 Å². The van der Waals surface area contributed by atoms with Crippen LogP contribution in [-0.4, -0.2) is 53.2 Å². The summed E-state index contributed by atoms with van der Waals surface area (Å²) < 4.78 is 5.57. The quantitative estimate of drug-likeness (QED) is 0.885. The number of rotatable bonds is 2. The van der Waals surface area contributed by atoms with E-state index in [9.17, 15) is 0 Å². The number of hydrogen-bond donors (Lipinski definition) is 1. The van der Waals surface area contributed by atoms with Crippen molar-refractivity contribution in [3.05, 3.63) is 11.7 Å². The minimum atomic E-state index is 0.00385. The van der Waals surface area contributed by atoms with Gasteiger partial charge in [-0.1, -0.05) is 5.16 Å². The third-order valence-corrected chi connectivity index (χ3v) is 5.27. The lowest BCUT2D eigenvalue weighted by Crippen LogP contribution is -2.41. The predicted octanol–water partition coefficient (Wildman–Crippen LogP) is 1.43. The highest BCUT2D eigenvalue weighted by molar-refractivity contribution is 7.99. The second-order valence-electron chi connectivity index (χ2n) is 5.87. The molecular formula is C13H22N4OS. The van der Waals surface area contributed by atoms with Crippen LogP contribution in [0.25, 0.3) is 0 Å². The van der Waals surface area contributed by atoms with Crippen molar-refractivity contribution in [3.8, 4) is 0 Å². The second-order valence-corrected chi connectivity index (χ2v) is 7.02. The maximum atomic E-state index is 5.57. The first-order chi connectivity index (χ1) is 9.19. The molecule has 1 N–H and O–H groups in total. The van der Waals surface area contributed by atoms with Gasteiger partial charge in [-0.3, -0.25) is 4.90 Å². The molecule has 0 radical (unpaired) electrons. The molecule has 0 saturated carbocycles. The summed E-state index contributed by atoms with van der Waals surface area (Å²) in [5, 5.41) is 7.67. The fraction of sp³-hybridized carbons (Fsp3) is 0.846. The van der Waals surface area contributed by atoms with Gasteiger partial charge in [0, 0.05) is 24.6 Å². The van der Waals surface area contributed by atoms with E-state index in [-0.39, 0.29) is 5.41 Å². The van der Waals surface area contributed by atoms with Crippen LogP contribution in [0.1, 0.15) is 37.5 Å². The molecule has 5 nitrogen and oxygen atoms in total. The summed E-state index contributed by atoms with van der Waals surface area (Å²) in [5.41, 5.74) is 0.00385. The van der Waals surface area contributed by atoms with E-state index in [1.807, 2.05) is 11.8 Å². The van der Waals surface area contributed by atoms with Crippen LogP contribution in [0.2, 0.25) is 0 Å². The summed E-state index contributed by atoms with van der Waals surface area (Å²) >= 11 is 1.97. The van der Waals surface area contributed by atoms with Crippen LogP contribution >= 0.6 is 11.8 Å². The molecule has 1 aromatic heterocycles. The Morgan fingerprint density at radius 2 is 2.42 bits per heavy atom. The van der Waals surface area contributed by atoms with Crippen molar-refractivity contribution in [1.82, 2.24) is 20.4 Å². The minimum Gasteiger partial charge on any atom is -0.339 e. The zero-order valence-electron chi connectivity index (χ0n) is 11.7. The minimum absolute atomic E-state index is 0.00385. The Labute approximate surface area is 118 Å². The van der Waals surface area contributed by atoms with Crippen molar-refractivity contribution in [1.29, 1.82) is 0 Å². The maximum Gasteiger partial charge on any atom is 0.233 e. The Morgan fingerprint density at radius 1 is 1.53 bits per heavy atom. The molecule has 6 heteroatoms. The van der Waals surface area contributed by atoms with Crippen molar-refractivity contribution in [2.24, 2.45) is 0 Å². The molecular weight excluding hydrogens is 260 g/mol. The summed E-state index contributed by atoms with van der Waals surface area (Å²) in [6.07, 6.45) is 2.30.